The predicted octanol–water partition coefficient (Wildman–Crippen LogP) is 2.08. The van der Waals surface area contributed by atoms with E-state index >= 15 is 0 Å². The first-order valence-corrected chi connectivity index (χ1v) is 6.70. The van der Waals surface area contributed by atoms with Crippen LogP contribution in [0.5, 0.6) is 0 Å². The Morgan fingerprint density at radius 2 is 2.17 bits per heavy atom. The maximum absolute atomic E-state index is 9.31. The van der Waals surface area contributed by atoms with Gasteiger partial charge in [-0.3, -0.25) is 4.40 Å². The molecule has 18 heavy (non-hydrogen) atoms. The van der Waals surface area contributed by atoms with Crippen molar-refractivity contribution in [2.45, 2.75) is 31.7 Å². The number of aliphatic hydroxyl groups excluding tert-OH is 1. The number of rotatable bonds is 4. The molecule has 1 aliphatic carbocycles. The molecule has 0 saturated heterocycles. The summed E-state index contributed by atoms with van der Waals surface area (Å²) in [6, 6.07) is 6.72. The summed E-state index contributed by atoms with van der Waals surface area (Å²) in [5.41, 5.74) is 0.966. The van der Waals surface area contributed by atoms with E-state index in [2.05, 4.69) is 20.4 Å². The SMILES string of the molecule is OCCN(c1cccc2nccn12)C1CCCC1. The van der Waals surface area contributed by atoms with Gasteiger partial charge in [0.2, 0.25) is 0 Å². The van der Waals surface area contributed by atoms with E-state index in [-0.39, 0.29) is 6.61 Å². The average Bonchev–Trinajstić information content (AvgIpc) is 3.06. The smallest absolute Gasteiger partial charge is 0.138 e. The summed E-state index contributed by atoms with van der Waals surface area (Å²) in [7, 11) is 0. The van der Waals surface area contributed by atoms with E-state index in [4.69, 9.17) is 0 Å². The lowest BCUT2D eigenvalue weighted by atomic mass is 10.2. The van der Waals surface area contributed by atoms with Gasteiger partial charge in [-0.15, -0.1) is 0 Å². The summed E-state index contributed by atoms with van der Waals surface area (Å²) in [6.07, 6.45) is 8.86. The third-order valence-electron chi connectivity index (χ3n) is 3.81. The van der Waals surface area contributed by atoms with Crippen LogP contribution in [0.4, 0.5) is 5.82 Å². The molecule has 0 aromatic carbocycles. The quantitative estimate of drug-likeness (QED) is 0.896. The van der Waals surface area contributed by atoms with Crippen LogP contribution in [0, 0.1) is 0 Å². The van der Waals surface area contributed by atoms with Crippen LogP contribution in [0.25, 0.3) is 5.65 Å². The minimum Gasteiger partial charge on any atom is -0.395 e. The second-order valence-electron chi connectivity index (χ2n) is 4.89. The fourth-order valence-electron chi connectivity index (χ4n) is 2.97. The lowest BCUT2D eigenvalue weighted by molar-refractivity contribution is 0.296. The summed E-state index contributed by atoms with van der Waals surface area (Å²) in [5.74, 6) is 1.14. The molecule has 0 atom stereocenters. The van der Waals surface area contributed by atoms with Gasteiger partial charge in [-0.2, -0.15) is 0 Å². The van der Waals surface area contributed by atoms with Gasteiger partial charge in [0.1, 0.15) is 11.5 Å². The fraction of sp³-hybridized carbons (Fsp3) is 0.500. The van der Waals surface area contributed by atoms with Gasteiger partial charge in [0.25, 0.3) is 0 Å². The van der Waals surface area contributed by atoms with Gasteiger partial charge in [-0.05, 0) is 25.0 Å². The number of hydrogen-bond donors (Lipinski definition) is 1. The zero-order valence-corrected chi connectivity index (χ0v) is 10.5. The fourth-order valence-corrected chi connectivity index (χ4v) is 2.97. The normalized spacial score (nSPS) is 16.5. The van der Waals surface area contributed by atoms with Crippen LogP contribution in [0.1, 0.15) is 25.7 Å². The molecule has 2 aromatic rings. The van der Waals surface area contributed by atoms with E-state index in [9.17, 15) is 5.11 Å². The number of pyridine rings is 1. The van der Waals surface area contributed by atoms with E-state index in [0.29, 0.717) is 12.6 Å². The molecule has 3 rings (SSSR count). The van der Waals surface area contributed by atoms with Crippen LogP contribution in [-0.4, -0.2) is 33.7 Å². The van der Waals surface area contributed by atoms with Gasteiger partial charge in [0.05, 0.1) is 6.61 Å². The van der Waals surface area contributed by atoms with Crippen LogP contribution >= 0.6 is 0 Å². The van der Waals surface area contributed by atoms with Gasteiger partial charge >= 0.3 is 0 Å². The molecule has 4 nitrogen and oxygen atoms in total. The highest BCUT2D eigenvalue weighted by atomic mass is 16.3. The summed E-state index contributed by atoms with van der Waals surface area (Å²) >= 11 is 0. The Morgan fingerprint density at radius 3 is 2.94 bits per heavy atom. The van der Waals surface area contributed by atoms with Crippen molar-refractivity contribution < 1.29 is 5.11 Å². The van der Waals surface area contributed by atoms with Gasteiger partial charge in [-0.25, -0.2) is 4.98 Å². The number of hydrogen-bond acceptors (Lipinski definition) is 3. The molecule has 1 aliphatic rings. The Kier molecular flexibility index (Phi) is 3.19. The van der Waals surface area contributed by atoms with E-state index in [1.165, 1.54) is 25.7 Å². The lowest BCUT2D eigenvalue weighted by Crippen LogP contribution is -2.36. The number of fused-ring (bicyclic) bond motifs is 1. The molecule has 0 spiro atoms. The zero-order chi connectivity index (χ0) is 12.4. The summed E-state index contributed by atoms with van der Waals surface area (Å²) in [6.45, 7) is 0.892. The Balaban J connectivity index is 2.00. The molecule has 1 N–H and O–H groups in total. The number of aliphatic hydroxyl groups is 1. The average molecular weight is 245 g/mol. The maximum Gasteiger partial charge on any atom is 0.138 e. The first-order valence-electron chi connectivity index (χ1n) is 6.70. The highest BCUT2D eigenvalue weighted by molar-refractivity contribution is 5.52. The summed E-state index contributed by atoms with van der Waals surface area (Å²) in [4.78, 5) is 6.66. The Morgan fingerprint density at radius 1 is 1.33 bits per heavy atom. The molecule has 1 saturated carbocycles. The molecule has 1 fully saturated rings. The summed E-state index contributed by atoms with van der Waals surface area (Å²) < 4.78 is 2.11. The van der Waals surface area contributed by atoms with Gasteiger partial charge < -0.3 is 10.0 Å². The molecular formula is C14H19N3O. The van der Waals surface area contributed by atoms with Gasteiger partial charge in [0, 0.05) is 25.0 Å². The highest BCUT2D eigenvalue weighted by Crippen LogP contribution is 2.28. The van der Waals surface area contributed by atoms with E-state index in [1.54, 1.807) is 0 Å². The Hall–Kier alpha value is -1.55. The third-order valence-corrected chi connectivity index (χ3v) is 3.81. The number of imidazole rings is 1. The third kappa shape index (κ3) is 1.97. The largest absolute Gasteiger partial charge is 0.395 e. The molecule has 2 heterocycles. The molecule has 4 heteroatoms. The molecule has 0 bridgehead atoms. The molecular weight excluding hydrogens is 226 g/mol. The molecule has 0 amide bonds. The van der Waals surface area contributed by atoms with Crippen LogP contribution in [0.15, 0.2) is 30.6 Å². The van der Waals surface area contributed by atoms with E-state index < -0.39 is 0 Å². The Labute approximate surface area is 107 Å². The molecule has 96 valence electrons. The first kappa shape index (κ1) is 11.5. The van der Waals surface area contributed by atoms with Crippen molar-refractivity contribution in [3.05, 3.63) is 30.6 Å². The topological polar surface area (TPSA) is 40.8 Å². The number of nitrogens with zero attached hydrogens (tertiary/aromatic N) is 3. The second kappa shape index (κ2) is 4.98. The lowest BCUT2D eigenvalue weighted by Gasteiger charge is -2.31. The molecule has 0 aliphatic heterocycles. The van der Waals surface area contributed by atoms with Gasteiger partial charge in [0.15, 0.2) is 0 Å². The van der Waals surface area contributed by atoms with Crippen LogP contribution in [0.3, 0.4) is 0 Å². The Bertz CT molecular complexity index is 516. The van der Waals surface area contributed by atoms with Crippen molar-refractivity contribution in [3.63, 3.8) is 0 Å². The standard InChI is InChI=1S/C14H19N3O/c18-11-10-16(12-4-1-2-5-12)14-7-3-6-13-15-8-9-17(13)14/h3,6-9,12,18H,1-2,4-5,10-11H2. The molecule has 2 aromatic heterocycles. The minimum absolute atomic E-state index is 0.196. The van der Waals surface area contributed by atoms with Crippen molar-refractivity contribution in [3.8, 4) is 0 Å². The van der Waals surface area contributed by atoms with Crippen LogP contribution < -0.4 is 4.90 Å². The number of aromatic nitrogens is 2. The number of anilines is 1. The van der Waals surface area contributed by atoms with Crippen molar-refractivity contribution in [2.24, 2.45) is 0 Å². The van der Waals surface area contributed by atoms with Crippen molar-refractivity contribution in [2.75, 3.05) is 18.1 Å². The molecule has 0 radical (unpaired) electrons. The van der Waals surface area contributed by atoms with Crippen LogP contribution in [-0.2, 0) is 0 Å². The second-order valence-corrected chi connectivity index (χ2v) is 4.89. The maximum atomic E-state index is 9.31. The van der Waals surface area contributed by atoms with Crippen molar-refractivity contribution in [1.29, 1.82) is 0 Å². The summed E-state index contributed by atoms with van der Waals surface area (Å²) in [5, 5.41) is 9.31. The van der Waals surface area contributed by atoms with Crippen molar-refractivity contribution in [1.82, 2.24) is 9.38 Å². The molecule has 0 unspecified atom stereocenters. The predicted molar refractivity (Wildman–Crippen MR) is 71.9 cm³/mol. The van der Waals surface area contributed by atoms with Gasteiger partial charge in [-0.1, -0.05) is 18.9 Å². The van der Waals surface area contributed by atoms with Crippen LogP contribution in [0.2, 0.25) is 0 Å². The zero-order valence-electron chi connectivity index (χ0n) is 10.5. The highest BCUT2D eigenvalue weighted by Gasteiger charge is 2.23. The first-order chi connectivity index (χ1) is 8.90. The monoisotopic (exact) mass is 245 g/mol. The minimum atomic E-state index is 0.196. The van der Waals surface area contributed by atoms with E-state index in [1.807, 2.05) is 24.5 Å². The van der Waals surface area contributed by atoms with Crippen molar-refractivity contribution >= 4 is 11.5 Å². The van der Waals surface area contributed by atoms with E-state index in [0.717, 1.165) is 11.5 Å².